The van der Waals surface area contributed by atoms with Gasteiger partial charge >= 0.3 is 11.9 Å². The third-order valence-electron chi connectivity index (χ3n) is 3.08. The van der Waals surface area contributed by atoms with Crippen LogP contribution >= 0.6 is 0 Å². The predicted molar refractivity (Wildman–Crippen MR) is 95.3 cm³/mol. The molecule has 0 amide bonds. The molecule has 0 aliphatic heterocycles. The van der Waals surface area contributed by atoms with Crippen LogP contribution in [0, 0.1) is 22.7 Å². The summed E-state index contributed by atoms with van der Waals surface area (Å²) in [6, 6.07) is 3.28. The minimum atomic E-state index is -1.26. The molecule has 0 aliphatic carbocycles. The Balaban J connectivity index is 0. The smallest absolute Gasteiger partial charge is 0.348 e. The number of aliphatic carboxylic acids is 1. The molecule has 0 heterocycles. The van der Waals surface area contributed by atoms with Gasteiger partial charge in [-0.1, -0.05) is 58.6 Å². The summed E-state index contributed by atoms with van der Waals surface area (Å²) >= 11 is 0. The van der Waals surface area contributed by atoms with Crippen LogP contribution in [0.3, 0.4) is 0 Å². The van der Waals surface area contributed by atoms with Crippen molar-refractivity contribution in [2.75, 3.05) is 6.61 Å². The van der Waals surface area contributed by atoms with Gasteiger partial charge in [-0.3, -0.25) is 0 Å². The molecule has 6 nitrogen and oxygen atoms in total. The van der Waals surface area contributed by atoms with Crippen molar-refractivity contribution in [3.05, 3.63) is 23.8 Å². The molecule has 0 radical (unpaired) electrons. The topological polar surface area (TPSA) is 111 Å². The summed E-state index contributed by atoms with van der Waals surface area (Å²) in [6.07, 6.45) is 10.5. The predicted octanol–water partition coefficient (Wildman–Crippen LogP) is 4.29. The van der Waals surface area contributed by atoms with Crippen LogP contribution < -0.4 is 0 Å². The maximum Gasteiger partial charge on any atom is 0.348 e. The van der Waals surface area contributed by atoms with E-state index < -0.39 is 17.5 Å². The third kappa shape index (κ3) is 16.1. The molecule has 0 fully saturated rings. The molecular formula is C19H28N2O4. The summed E-state index contributed by atoms with van der Waals surface area (Å²) < 4.78 is 4.92. The molecule has 1 N–H and O–H groups in total. The van der Waals surface area contributed by atoms with Crippen LogP contribution in [0.5, 0.6) is 0 Å². The number of hydrogen-bond donors (Lipinski definition) is 1. The fourth-order valence-corrected chi connectivity index (χ4v) is 1.67. The van der Waals surface area contributed by atoms with E-state index in [1.165, 1.54) is 38.2 Å². The van der Waals surface area contributed by atoms with Gasteiger partial charge in [-0.2, -0.15) is 10.5 Å². The quantitative estimate of drug-likeness (QED) is 0.258. The Morgan fingerprint density at radius 1 is 1.04 bits per heavy atom. The normalized spacial score (nSPS) is 9.84. The summed E-state index contributed by atoms with van der Waals surface area (Å²) in [5.74, 6) is -1.74. The number of carboxylic acids is 1. The number of nitriles is 2. The Morgan fingerprint density at radius 2 is 1.64 bits per heavy atom. The number of carbonyl (C=O) groups is 2. The van der Waals surface area contributed by atoms with E-state index in [0.717, 1.165) is 19.3 Å². The minimum absolute atomic E-state index is 0.150. The van der Waals surface area contributed by atoms with Crippen molar-refractivity contribution < 1.29 is 19.4 Å². The summed E-state index contributed by atoms with van der Waals surface area (Å²) in [5.41, 5.74) is -0.281. The van der Waals surface area contributed by atoms with Gasteiger partial charge < -0.3 is 9.84 Å². The van der Waals surface area contributed by atoms with E-state index in [1.807, 2.05) is 13.0 Å². The zero-order valence-electron chi connectivity index (χ0n) is 15.2. The van der Waals surface area contributed by atoms with E-state index in [2.05, 4.69) is 13.5 Å². The van der Waals surface area contributed by atoms with Crippen molar-refractivity contribution in [2.24, 2.45) is 0 Å². The molecule has 138 valence electrons. The summed E-state index contributed by atoms with van der Waals surface area (Å²) in [7, 11) is 0. The van der Waals surface area contributed by atoms with Crippen molar-refractivity contribution in [1.82, 2.24) is 0 Å². The van der Waals surface area contributed by atoms with E-state index in [-0.39, 0.29) is 5.57 Å². The maximum atomic E-state index is 11.4. The molecule has 0 saturated heterocycles. The fourth-order valence-electron chi connectivity index (χ4n) is 1.67. The molecule has 0 bridgehead atoms. The molecule has 0 spiro atoms. The highest BCUT2D eigenvalue weighted by atomic mass is 16.5. The molecule has 0 aromatic carbocycles. The number of esters is 1. The van der Waals surface area contributed by atoms with Gasteiger partial charge in [0, 0.05) is 0 Å². The van der Waals surface area contributed by atoms with Crippen molar-refractivity contribution in [3.8, 4) is 12.1 Å². The summed E-state index contributed by atoms with van der Waals surface area (Å²) in [5, 5.41) is 24.5. The first kappa shape index (κ1) is 24.6. The largest absolute Gasteiger partial charge is 0.477 e. The minimum Gasteiger partial charge on any atom is -0.477 e. The van der Waals surface area contributed by atoms with Crippen LogP contribution in [0.1, 0.15) is 65.2 Å². The van der Waals surface area contributed by atoms with E-state index in [0.29, 0.717) is 6.61 Å². The molecule has 0 unspecified atom stereocenters. The van der Waals surface area contributed by atoms with E-state index >= 15 is 0 Å². The SMILES string of the molecule is C=C(C#N)C(=O)O.CCCCCCCCC=C(C#N)C(=O)OCCC. The van der Waals surface area contributed by atoms with E-state index in [9.17, 15) is 9.59 Å². The van der Waals surface area contributed by atoms with Crippen LogP contribution in [-0.4, -0.2) is 23.7 Å². The van der Waals surface area contributed by atoms with Gasteiger partial charge in [0.1, 0.15) is 23.3 Å². The Labute approximate surface area is 150 Å². The number of unbranched alkanes of at least 4 members (excludes halogenated alkanes) is 6. The van der Waals surface area contributed by atoms with Gasteiger partial charge in [-0.15, -0.1) is 0 Å². The first-order valence-corrected chi connectivity index (χ1v) is 8.54. The molecular weight excluding hydrogens is 320 g/mol. The zero-order chi connectivity index (χ0) is 19.5. The van der Waals surface area contributed by atoms with E-state index in [1.54, 1.807) is 6.08 Å². The van der Waals surface area contributed by atoms with Gasteiger partial charge in [-0.05, 0) is 19.3 Å². The third-order valence-corrected chi connectivity index (χ3v) is 3.08. The molecule has 25 heavy (non-hydrogen) atoms. The Bertz CT molecular complexity index is 525. The maximum absolute atomic E-state index is 11.4. The molecule has 0 saturated carbocycles. The highest BCUT2D eigenvalue weighted by molar-refractivity contribution is 5.92. The van der Waals surface area contributed by atoms with Crippen molar-refractivity contribution in [3.63, 3.8) is 0 Å². The first-order chi connectivity index (χ1) is 11.9. The van der Waals surface area contributed by atoms with Crippen LogP contribution in [-0.2, 0) is 14.3 Å². The summed E-state index contributed by atoms with van der Waals surface area (Å²) in [6.45, 7) is 7.42. The number of ether oxygens (including phenoxy) is 1. The molecule has 6 heteroatoms. The molecule has 0 rings (SSSR count). The number of carbonyl (C=O) groups excluding carboxylic acids is 1. The Hall–Kier alpha value is -2.60. The summed E-state index contributed by atoms with van der Waals surface area (Å²) in [4.78, 5) is 21.0. The molecule has 0 aromatic heterocycles. The Kier molecular flexibility index (Phi) is 17.5. The molecule has 0 aliphatic rings. The van der Waals surface area contributed by atoms with Gasteiger partial charge in [0.25, 0.3) is 0 Å². The highest BCUT2D eigenvalue weighted by Gasteiger charge is 2.08. The average Bonchev–Trinajstić information content (AvgIpc) is 2.61. The van der Waals surface area contributed by atoms with Crippen LogP contribution in [0.15, 0.2) is 23.8 Å². The van der Waals surface area contributed by atoms with Crippen molar-refractivity contribution >= 4 is 11.9 Å². The molecule has 0 atom stereocenters. The van der Waals surface area contributed by atoms with Gasteiger partial charge in [0.2, 0.25) is 0 Å². The van der Waals surface area contributed by atoms with Crippen molar-refractivity contribution in [1.29, 1.82) is 10.5 Å². The second-order valence-corrected chi connectivity index (χ2v) is 5.32. The lowest BCUT2D eigenvalue weighted by Gasteiger charge is -2.01. The number of hydrogen-bond acceptors (Lipinski definition) is 5. The monoisotopic (exact) mass is 348 g/mol. The van der Waals surface area contributed by atoms with Gasteiger partial charge in [-0.25, -0.2) is 9.59 Å². The van der Waals surface area contributed by atoms with Gasteiger partial charge in [0.05, 0.1) is 6.61 Å². The molecule has 0 aromatic rings. The van der Waals surface area contributed by atoms with E-state index in [4.69, 9.17) is 20.4 Å². The fraction of sp³-hybridized carbons (Fsp3) is 0.579. The lowest BCUT2D eigenvalue weighted by atomic mass is 10.1. The number of rotatable bonds is 11. The number of allylic oxidation sites excluding steroid dienone is 1. The zero-order valence-corrected chi connectivity index (χ0v) is 15.2. The standard InChI is InChI=1S/C15H25NO2.C4H3NO2/c1-3-5-6-7-8-9-10-11-14(13-16)15(17)18-12-4-2;1-3(2-5)4(6)7/h11H,3-10,12H2,1-2H3;1H2,(H,6,7). The number of nitrogens with zero attached hydrogens (tertiary/aromatic N) is 2. The van der Waals surface area contributed by atoms with Gasteiger partial charge in [0.15, 0.2) is 0 Å². The lowest BCUT2D eigenvalue weighted by Crippen LogP contribution is -2.07. The van der Waals surface area contributed by atoms with Crippen LogP contribution in [0.4, 0.5) is 0 Å². The second-order valence-electron chi connectivity index (χ2n) is 5.32. The average molecular weight is 348 g/mol. The number of carboxylic acid groups (broad SMARTS) is 1. The Morgan fingerprint density at radius 3 is 2.08 bits per heavy atom. The first-order valence-electron chi connectivity index (χ1n) is 8.54. The highest BCUT2D eigenvalue weighted by Crippen LogP contribution is 2.09. The van der Waals surface area contributed by atoms with Crippen LogP contribution in [0.25, 0.3) is 0 Å². The van der Waals surface area contributed by atoms with Crippen molar-refractivity contribution in [2.45, 2.75) is 65.2 Å². The second kappa shape index (κ2) is 17.7. The lowest BCUT2D eigenvalue weighted by molar-refractivity contribution is -0.138. The van der Waals surface area contributed by atoms with Crippen LogP contribution in [0.2, 0.25) is 0 Å².